The molecule has 0 spiro atoms. The molecule has 2 aromatic rings. The van der Waals surface area contributed by atoms with Crippen molar-refractivity contribution in [1.82, 2.24) is 0 Å². The Balaban J connectivity index is 1.99. The van der Waals surface area contributed by atoms with Crippen LogP contribution in [-0.4, -0.2) is 24.7 Å². The summed E-state index contributed by atoms with van der Waals surface area (Å²) >= 11 is 0. The smallest absolute Gasteiger partial charge is 0.406 e. The number of ether oxygens (including phenoxy) is 3. The van der Waals surface area contributed by atoms with Crippen LogP contribution >= 0.6 is 0 Å². The van der Waals surface area contributed by atoms with E-state index >= 15 is 0 Å². The lowest BCUT2D eigenvalue weighted by Gasteiger charge is -2.09. The van der Waals surface area contributed by atoms with E-state index < -0.39 is 36.2 Å². The van der Waals surface area contributed by atoms with Crippen LogP contribution < -0.4 is 9.47 Å². The molecular formula is C16H8F6O5. The molecule has 0 amide bonds. The summed E-state index contributed by atoms with van der Waals surface area (Å²) in [5.41, 5.74) is -0.482. The van der Waals surface area contributed by atoms with Gasteiger partial charge in [-0.15, -0.1) is 26.3 Å². The van der Waals surface area contributed by atoms with Gasteiger partial charge in [-0.3, -0.25) is 0 Å². The lowest BCUT2D eigenvalue weighted by molar-refractivity contribution is -0.275. The molecule has 0 radical (unpaired) electrons. The number of halogens is 6. The maximum Gasteiger partial charge on any atom is 0.573 e. The number of esters is 2. The molecular weight excluding hydrogens is 386 g/mol. The minimum Gasteiger partial charge on any atom is -0.406 e. The van der Waals surface area contributed by atoms with Crippen LogP contribution in [0.2, 0.25) is 0 Å². The van der Waals surface area contributed by atoms with Gasteiger partial charge in [0.05, 0.1) is 11.1 Å². The number of hydrogen-bond acceptors (Lipinski definition) is 5. The van der Waals surface area contributed by atoms with E-state index in [2.05, 4.69) is 14.2 Å². The second kappa shape index (κ2) is 7.56. The van der Waals surface area contributed by atoms with Crippen molar-refractivity contribution in [2.24, 2.45) is 0 Å². The average Bonchev–Trinajstić information content (AvgIpc) is 2.53. The van der Waals surface area contributed by atoms with Crippen LogP contribution in [0.3, 0.4) is 0 Å². The highest BCUT2D eigenvalue weighted by molar-refractivity contribution is 6.02. The van der Waals surface area contributed by atoms with E-state index in [4.69, 9.17) is 0 Å². The monoisotopic (exact) mass is 394 g/mol. The van der Waals surface area contributed by atoms with E-state index in [-0.39, 0.29) is 11.1 Å². The maximum absolute atomic E-state index is 12.0. The molecule has 0 aliphatic carbocycles. The van der Waals surface area contributed by atoms with Crippen LogP contribution in [0, 0.1) is 0 Å². The van der Waals surface area contributed by atoms with Gasteiger partial charge in [0.2, 0.25) is 0 Å². The van der Waals surface area contributed by atoms with E-state index in [0.717, 1.165) is 48.5 Å². The van der Waals surface area contributed by atoms with Gasteiger partial charge in [-0.25, -0.2) is 9.59 Å². The molecule has 0 heterocycles. The molecule has 144 valence electrons. The lowest BCUT2D eigenvalue weighted by Crippen LogP contribution is -2.17. The van der Waals surface area contributed by atoms with E-state index in [1.807, 2.05) is 0 Å². The molecule has 5 nitrogen and oxygen atoms in total. The zero-order chi connectivity index (χ0) is 20.2. The first kappa shape index (κ1) is 20.1. The lowest BCUT2D eigenvalue weighted by atomic mass is 10.2. The summed E-state index contributed by atoms with van der Waals surface area (Å²) in [7, 11) is 0. The maximum atomic E-state index is 12.0. The second-order valence-corrected chi connectivity index (χ2v) is 4.82. The van der Waals surface area contributed by atoms with E-state index in [1.165, 1.54) is 0 Å². The van der Waals surface area contributed by atoms with Gasteiger partial charge in [-0.1, -0.05) is 0 Å². The quantitative estimate of drug-likeness (QED) is 0.435. The molecule has 0 aliphatic rings. The summed E-state index contributed by atoms with van der Waals surface area (Å²) in [6.45, 7) is 0. The fourth-order valence-electron chi connectivity index (χ4n) is 1.79. The first-order valence-electron chi connectivity index (χ1n) is 6.91. The van der Waals surface area contributed by atoms with Gasteiger partial charge in [-0.2, -0.15) is 0 Å². The summed E-state index contributed by atoms with van der Waals surface area (Å²) in [4.78, 5) is 23.6. The van der Waals surface area contributed by atoms with Crippen molar-refractivity contribution < 1.29 is 50.1 Å². The van der Waals surface area contributed by atoms with Crippen molar-refractivity contribution in [3.05, 3.63) is 59.7 Å². The van der Waals surface area contributed by atoms with Crippen molar-refractivity contribution in [1.29, 1.82) is 0 Å². The fraction of sp³-hybridized carbons (Fsp3) is 0.125. The largest absolute Gasteiger partial charge is 0.573 e. The van der Waals surface area contributed by atoms with Crippen molar-refractivity contribution in [3.63, 3.8) is 0 Å². The van der Waals surface area contributed by atoms with Gasteiger partial charge < -0.3 is 14.2 Å². The topological polar surface area (TPSA) is 61.8 Å². The molecule has 2 aromatic carbocycles. The van der Waals surface area contributed by atoms with Gasteiger partial charge >= 0.3 is 24.7 Å². The SMILES string of the molecule is O=C(OC(=O)c1ccc(OC(F)(F)F)cc1)c1ccc(OC(F)(F)F)cc1. The molecule has 0 N–H and O–H groups in total. The van der Waals surface area contributed by atoms with E-state index in [1.54, 1.807) is 0 Å². The van der Waals surface area contributed by atoms with Gasteiger partial charge in [0, 0.05) is 0 Å². The van der Waals surface area contributed by atoms with Crippen molar-refractivity contribution in [3.8, 4) is 11.5 Å². The van der Waals surface area contributed by atoms with Crippen molar-refractivity contribution >= 4 is 11.9 Å². The number of rotatable bonds is 4. The van der Waals surface area contributed by atoms with Crippen LogP contribution in [0.25, 0.3) is 0 Å². The van der Waals surface area contributed by atoms with Crippen molar-refractivity contribution in [2.45, 2.75) is 12.7 Å². The van der Waals surface area contributed by atoms with Crippen molar-refractivity contribution in [2.75, 3.05) is 0 Å². The molecule has 0 saturated heterocycles. The minimum atomic E-state index is -4.90. The Morgan fingerprint density at radius 2 is 0.889 bits per heavy atom. The van der Waals surface area contributed by atoms with Gasteiger partial charge in [0.1, 0.15) is 11.5 Å². The van der Waals surface area contributed by atoms with Crippen LogP contribution in [0.1, 0.15) is 20.7 Å². The van der Waals surface area contributed by atoms with Crippen LogP contribution in [0.15, 0.2) is 48.5 Å². The third kappa shape index (κ3) is 6.53. The average molecular weight is 394 g/mol. The number of alkyl halides is 6. The zero-order valence-electron chi connectivity index (χ0n) is 12.9. The van der Waals surface area contributed by atoms with E-state index in [0.29, 0.717) is 0 Å². The standard InChI is InChI=1S/C16H8F6O5/c17-15(18,19)26-11-5-1-9(2-6-11)13(23)25-14(24)10-3-7-12(8-4-10)27-16(20,21)22/h1-8H. The molecule has 2 rings (SSSR count). The Kier molecular flexibility index (Phi) is 5.62. The molecule has 0 aliphatic heterocycles. The molecule has 0 atom stereocenters. The zero-order valence-corrected chi connectivity index (χ0v) is 12.9. The molecule has 0 aromatic heterocycles. The number of benzene rings is 2. The second-order valence-electron chi connectivity index (χ2n) is 4.82. The van der Waals surface area contributed by atoms with Gasteiger partial charge in [0.25, 0.3) is 0 Å². The number of hydrogen-bond donors (Lipinski definition) is 0. The molecule has 0 bridgehead atoms. The normalized spacial score (nSPS) is 11.6. The Hall–Kier alpha value is -3.24. The molecule has 0 saturated carbocycles. The summed E-state index contributed by atoms with van der Waals surface area (Å²) in [5.74, 6) is -3.50. The first-order valence-corrected chi connectivity index (χ1v) is 6.91. The number of carbonyl (C=O) groups excluding carboxylic acids is 2. The highest BCUT2D eigenvalue weighted by Crippen LogP contribution is 2.24. The van der Waals surface area contributed by atoms with Gasteiger partial charge in [0.15, 0.2) is 0 Å². The summed E-state index contributed by atoms with van der Waals surface area (Å²) < 4.78 is 84.0. The minimum absolute atomic E-state index is 0.241. The summed E-state index contributed by atoms with van der Waals surface area (Å²) in [5, 5.41) is 0. The summed E-state index contributed by atoms with van der Waals surface area (Å²) in [6.07, 6.45) is -9.81. The number of carbonyl (C=O) groups is 2. The Morgan fingerprint density at radius 1 is 0.593 bits per heavy atom. The Labute approximate surface area is 147 Å². The van der Waals surface area contributed by atoms with Crippen LogP contribution in [0.4, 0.5) is 26.3 Å². The molecule has 27 heavy (non-hydrogen) atoms. The predicted octanol–water partition coefficient (Wildman–Crippen LogP) is 4.48. The predicted molar refractivity (Wildman–Crippen MR) is 76.0 cm³/mol. The molecule has 0 fully saturated rings. The Morgan fingerprint density at radius 3 is 1.15 bits per heavy atom. The fourth-order valence-corrected chi connectivity index (χ4v) is 1.79. The molecule has 11 heteroatoms. The van der Waals surface area contributed by atoms with Crippen LogP contribution in [-0.2, 0) is 4.74 Å². The highest BCUT2D eigenvalue weighted by atomic mass is 19.4. The third-order valence-corrected chi connectivity index (χ3v) is 2.83. The molecule has 0 unspecified atom stereocenters. The van der Waals surface area contributed by atoms with E-state index in [9.17, 15) is 35.9 Å². The van der Waals surface area contributed by atoms with Gasteiger partial charge in [-0.05, 0) is 48.5 Å². The Bertz CT molecular complexity index is 740. The van der Waals surface area contributed by atoms with Crippen LogP contribution in [0.5, 0.6) is 11.5 Å². The first-order chi connectivity index (χ1) is 12.4. The summed E-state index contributed by atoms with van der Waals surface area (Å²) in [6, 6.07) is 7.15. The third-order valence-electron chi connectivity index (χ3n) is 2.83. The highest BCUT2D eigenvalue weighted by Gasteiger charge is 2.32.